The molecule has 0 unspecified atom stereocenters. The lowest BCUT2D eigenvalue weighted by atomic mass is 10.1. The van der Waals surface area contributed by atoms with E-state index in [1.807, 2.05) is 0 Å². The van der Waals surface area contributed by atoms with E-state index in [4.69, 9.17) is 34.8 Å². The summed E-state index contributed by atoms with van der Waals surface area (Å²) in [5, 5.41) is 10.2. The number of nitrogens with zero attached hydrogens (tertiary/aromatic N) is 3. The van der Waals surface area contributed by atoms with Crippen molar-refractivity contribution in [2.45, 2.75) is 12.7 Å². The van der Waals surface area contributed by atoms with Crippen LogP contribution in [0.3, 0.4) is 0 Å². The first-order valence-electron chi connectivity index (χ1n) is 6.55. The summed E-state index contributed by atoms with van der Waals surface area (Å²) >= 11 is 17.3. The van der Waals surface area contributed by atoms with Crippen LogP contribution in [0.4, 0.5) is 18.9 Å². The average Bonchev–Trinajstić information content (AvgIpc) is 2.51. The third-order valence-corrected chi connectivity index (χ3v) is 4.67. The molecule has 0 aliphatic carbocycles. The first-order valence-corrected chi connectivity index (χ1v) is 7.68. The van der Waals surface area contributed by atoms with Crippen LogP contribution in [0, 0.1) is 10.1 Å². The molecule has 13 heteroatoms. The molecule has 0 spiro atoms. The maximum Gasteiger partial charge on any atom is 0.431 e. The van der Waals surface area contributed by atoms with E-state index in [0.717, 1.165) is 13.1 Å². The Morgan fingerprint density at radius 2 is 1.73 bits per heavy atom. The van der Waals surface area contributed by atoms with E-state index in [9.17, 15) is 32.9 Å². The number of halogens is 6. The number of benzene rings is 1. The smallest absolute Gasteiger partial charge is 0.292 e. The third kappa shape index (κ3) is 3.57. The highest BCUT2D eigenvalue weighted by molar-refractivity contribution is 6.49. The van der Waals surface area contributed by atoms with Crippen molar-refractivity contribution in [3.05, 3.63) is 69.4 Å². The number of aromatic nitrogens is 2. The SMILES string of the molecule is Cn1c(C(F)(F)F)cc(=O)n(Cc2cc(Cl)c(Cl)c(Cl)c2[N+](=O)[O-])c1=O. The molecule has 7 nitrogen and oxygen atoms in total. The van der Waals surface area contributed by atoms with Crippen LogP contribution in [0.5, 0.6) is 0 Å². The highest BCUT2D eigenvalue weighted by Crippen LogP contribution is 2.40. The second kappa shape index (κ2) is 6.93. The van der Waals surface area contributed by atoms with Crippen molar-refractivity contribution in [3.63, 3.8) is 0 Å². The van der Waals surface area contributed by atoms with Crippen LogP contribution in [-0.4, -0.2) is 14.1 Å². The van der Waals surface area contributed by atoms with Gasteiger partial charge in [-0.25, -0.2) is 4.79 Å². The summed E-state index contributed by atoms with van der Waals surface area (Å²) in [6, 6.07) is 1.23. The maximum absolute atomic E-state index is 12.8. The maximum atomic E-state index is 12.8. The Bertz CT molecular complexity index is 1030. The minimum atomic E-state index is -4.93. The highest BCUT2D eigenvalue weighted by Gasteiger charge is 2.35. The van der Waals surface area contributed by atoms with Crippen molar-refractivity contribution in [3.8, 4) is 0 Å². The molecule has 140 valence electrons. The molecule has 2 rings (SSSR count). The number of nitro groups is 1. The molecule has 0 aliphatic rings. The molecule has 0 N–H and O–H groups in total. The summed E-state index contributed by atoms with van der Waals surface area (Å²) in [5.74, 6) is 0. The number of hydrogen-bond donors (Lipinski definition) is 0. The topological polar surface area (TPSA) is 87.1 Å². The van der Waals surface area contributed by atoms with Crippen molar-refractivity contribution in [2.75, 3.05) is 0 Å². The quantitative estimate of drug-likeness (QED) is 0.422. The summed E-state index contributed by atoms with van der Waals surface area (Å²) in [7, 11) is 0.817. The number of nitro benzene ring substituents is 1. The van der Waals surface area contributed by atoms with Gasteiger partial charge in [0.1, 0.15) is 10.7 Å². The van der Waals surface area contributed by atoms with Crippen LogP contribution in [0.25, 0.3) is 0 Å². The van der Waals surface area contributed by atoms with Gasteiger partial charge in [-0.2, -0.15) is 13.2 Å². The van der Waals surface area contributed by atoms with Gasteiger partial charge in [0.2, 0.25) is 0 Å². The molecule has 0 fully saturated rings. The Morgan fingerprint density at radius 3 is 2.23 bits per heavy atom. The summed E-state index contributed by atoms with van der Waals surface area (Å²) < 4.78 is 39.1. The fourth-order valence-electron chi connectivity index (χ4n) is 2.21. The number of alkyl halides is 3. The molecular formula is C13H7Cl3F3N3O4. The lowest BCUT2D eigenvalue weighted by Gasteiger charge is -2.14. The van der Waals surface area contributed by atoms with Gasteiger partial charge in [0.25, 0.3) is 11.2 Å². The predicted octanol–water partition coefficient (Wildman–Crippen LogP) is 3.48. The van der Waals surface area contributed by atoms with E-state index >= 15 is 0 Å². The second-order valence-corrected chi connectivity index (χ2v) is 6.21. The van der Waals surface area contributed by atoms with E-state index in [-0.39, 0.29) is 26.2 Å². The van der Waals surface area contributed by atoms with Crippen LogP contribution in [0.1, 0.15) is 11.3 Å². The summed E-state index contributed by atoms with van der Waals surface area (Å²) in [6.45, 7) is -0.726. The monoisotopic (exact) mass is 431 g/mol. The Morgan fingerprint density at radius 1 is 1.15 bits per heavy atom. The van der Waals surface area contributed by atoms with Crippen LogP contribution >= 0.6 is 34.8 Å². The van der Waals surface area contributed by atoms with Gasteiger partial charge < -0.3 is 0 Å². The summed E-state index contributed by atoms with van der Waals surface area (Å²) in [6.07, 6.45) is -4.93. The van der Waals surface area contributed by atoms with Crippen molar-refractivity contribution < 1.29 is 18.1 Å². The molecule has 0 aliphatic heterocycles. The zero-order valence-corrected chi connectivity index (χ0v) is 14.9. The molecule has 1 aromatic heterocycles. The Kier molecular flexibility index (Phi) is 5.41. The van der Waals surface area contributed by atoms with E-state index in [2.05, 4.69) is 0 Å². The standard InChI is InChI=1S/C13H7Cl3F3N3O4/c1-20-7(13(17,18)19)3-8(23)21(12(20)24)4-5-2-6(14)9(15)10(16)11(5)22(25)26/h2-3H,4H2,1H3. The highest BCUT2D eigenvalue weighted by atomic mass is 35.5. The summed E-state index contributed by atoms with van der Waals surface area (Å²) in [5.41, 5.74) is -5.05. The largest absolute Gasteiger partial charge is 0.431 e. The second-order valence-electron chi connectivity index (χ2n) is 5.04. The van der Waals surface area contributed by atoms with Gasteiger partial charge >= 0.3 is 11.9 Å². The Balaban J connectivity index is 2.72. The zero-order chi connectivity index (χ0) is 20.0. The van der Waals surface area contributed by atoms with Crippen LogP contribution < -0.4 is 11.2 Å². The fourth-order valence-corrected chi connectivity index (χ4v) is 2.92. The van der Waals surface area contributed by atoms with Gasteiger partial charge in [-0.3, -0.25) is 24.0 Å². The van der Waals surface area contributed by atoms with Crippen LogP contribution in [0.2, 0.25) is 15.1 Å². The average molecular weight is 433 g/mol. The zero-order valence-electron chi connectivity index (χ0n) is 12.6. The van der Waals surface area contributed by atoms with Gasteiger partial charge in [-0.15, -0.1) is 0 Å². The van der Waals surface area contributed by atoms with E-state index in [1.54, 1.807) is 0 Å². The third-order valence-electron chi connectivity index (χ3n) is 3.42. The molecule has 0 saturated carbocycles. The molecule has 0 saturated heterocycles. The van der Waals surface area contributed by atoms with Gasteiger partial charge in [-0.1, -0.05) is 34.8 Å². The Hall–Kier alpha value is -2.04. The summed E-state index contributed by atoms with van der Waals surface area (Å²) in [4.78, 5) is 34.4. The lowest BCUT2D eigenvalue weighted by molar-refractivity contribution is -0.385. The minimum Gasteiger partial charge on any atom is -0.292 e. The van der Waals surface area contributed by atoms with Gasteiger partial charge in [0, 0.05) is 13.1 Å². The molecule has 26 heavy (non-hydrogen) atoms. The van der Waals surface area contributed by atoms with E-state index in [0.29, 0.717) is 4.57 Å². The van der Waals surface area contributed by atoms with Gasteiger partial charge in [-0.05, 0) is 6.07 Å². The molecule has 1 heterocycles. The van der Waals surface area contributed by atoms with Crippen LogP contribution in [0.15, 0.2) is 21.7 Å². The van der Waals surface area contributed by atoms with Crippen molar-refractivity contribution >= 4 is 40.5 Å². The van der Waals surface area contributed by atoms with Gasteiger partial charge in [0.05, 0.1) is 27.1 Å². The molecule has 0 radical (unpaired) electrons. The lowest BCUT2D eigenvalue weighted by Crippen LogP contribution is -2.42. The predicted molar refractivity (Wildman–Crippen MR) is 88.2 cm³/mol. The first kappa shape index (κ1) is 20.3. The van der Waals surface area contributed by atoms with Crippen molar-refractivity contribution in [1.29, 1.82) is 0 Å². The van der Waals surface area contributed by atoms with Gasteiger partial charge in [0.15, 0.2) is 0 Å². The molecule has 0 bridgehead atoms. The molecule has 0 atom stereocenters. The molecule has 0 amide bonds. The number of rotatable bonds is 3. The number of hydrogen-bond acceptors (Lipinski definition) is 4. The normalized spacial score (nSPS) is 11.7. The van der Waals surface area contributed by atoms with Crippen molar-refractivity contribution in [2.24, 2.45) is 7.05 Å². The molecule has 1 aromatic carbocycles. The van der Waals surface area contributed by atoms with E-state index < -0.39 is 45.3 Å². The minimum absolute atomic E-state index is 0.186. The van der Waals surface area contributed by atoms with Crippen molar-refractivity contribution in [1.82, 2.24) is 9.13 Å². The first-order chi connectivity index (χ1) is 11.9. The van der Waals surface area contributed by atoms with E-state index in [1.165, 1.54) is 0 Å². The Labute approximate surface area is 157 Å². The molecule has 2 aromatic rings. The van der Waals surface area contributed by atoms with Crippen LogP contribution in [-0.2, 0) is 19.8 Å². The molecular weight excluding hydrogens is 426 g/mol. The fraction of sp³-hybridized carbons (Fsp3) is 0.231.